The molecule has 1 unspecified atom stereocenters. The van der Waals surface area contributed by atoms with E-state index < -0.39 is 35.7 Å². The number of alkyl halides is 3. The molecule has 0 radical (unpaired) electrons. The van der Waals surface area contributed by atoms with E-state index in [9.17, 15) is 27.6 Å². The summed E-state index contributed by atoms with van der Waals surface area (Å²) in [5.74, 6) is -0.941. The minimum absolute atomic E-state index is 0.00830. The van der Waals surface area contributed by atoms with Gasteiger partial charge in [-0.05, 0) is 66.8 Å². The Morgan fingerprint density at radius 2 is 1.60 bits per heavy atom. The van der Waals surface area contributed by atoms with Crippen LogP contribution in [0.25, 0.3) is 0 Å². The average molecular weight is 560 g/mol. The van der Waals surface area contributed by atoms with E-state index in [0.717, 1.165) is 37.3 Å². The predicted molar refractivity (Wildman–Crippen MR) is 145 cm³/mol. The third-order valence-electron chi connectivity index (χ3n) is 8.14. The lowest BCUT2D eigenvalue weighted by Gasteiger charge is -2.41. The summed E-state index contributed by atoms with van der Waals surface area (Å²) in [4.78, 5) is 40.0. The van der Waals surface area contributed by atoms with Crippen LogP contribution in [0.4, 0.5) is 23.7 Å². The van der Waals surface area contributed by atoms with E-state index in [4.69, 9.17) is 5.11 Å². The molecule has 1 saturated heterocycles. The lowest BCUT2D eigenvalue weighted by Crippen LogP contribution is -2.43. The Kier molecular flexibility index (Phi) is 8.46. The molecule has 216 valence electrons. The van der Waals surface area contributed by atoms with E-state index in [1.54, 1.807) is 29.2 Å². The van der Waals surface area contributed by atoms with Crippen molar-refractivity contribution in [3.63, 3.8) is 0 Å². The zero-order chi connectivity index (χ0) is 29.2. The first-order valence-electron chi connectivity index (χ1n) is 13.6. The Morgan fingerprint density at radius 3 is 2.17 bits per heavy atom. The number of hydrogen-bond acceptors (Lipinski definition) is 3. The van der Waals surface area contributed by atoms with Crippen LogP contribution < -0.4 is 10.2 Å². The number of hydrogen-bond donors (Lipinski definition) is 2. The van der Waals surface area contributed by atoms with Crippen LogP contribution in [0.2, 0.25) is 0 Å². The number of anilines is 1. The zero-order valence-corrected chi connectivity index (χ0v) is 23.0. The first-order valence-corrected chi connectivity index (χ1v) is 13.6. The van der Waals surface area contributed by atoms with Crippen molar-refractivity contribution in [3.05, 3.63) is 65.2 Å². The van der Waals surface area contributed by atoms with Gasteiger partial charge in [0.2, 0.25) is 0 Å². The second kappa shape index (κ2) is 11.5. The quantitative estimate of drug-likeness (QED) is 0.405. The molecule has 3 amide bonds. The number of carbonyl (C=O) groups excluding carboxylic acids is 2. The van der Waals surface area contributed by atoms with Crippen LogP contribution in [0, 0.1) is 11.3 Å². The van der Waals surface area contributed by atoms with Crippen molar-refractivity contribution in [2.45, 2.75) is 71.1 Å². The van der Waals surface area contributed by atoms with Gasteiger partial charge in [-0.25, -0.2) is 4.79 Å². The molecule has 1 aliphatic heterocycles. The molecular formula is C30H36F3N3O4. The van der Waals surface area contributed by atoms with Crippen molar-refractivity contribution in [1.82, 2.24) is 10.2 Å². The van der Waals surface area contributed by atoms with Gasteiger partial charge < -0.3 is 15.3 Å². The molecule has 1 heterocycles. The highest BCUT2D eigenvalue weighted by atomic mass is 19.4. The van der Waals surface area contributed by atoms with Crippen molar-refractivity contribution < 1.29 is 32.7 Å². The van der Waals surface area contributed by atoms with E-state index in [2.05, 4.69) is 26.1 Å². The van der Waals surface area contributed by atoms with Gasteiger partial charge >= 0.3 is 18.2 Å². The first-order chi connectivity index (χ1) is 18.8. The van der Waals surface area contributed by atoms with Gasteiger partial charge in [-0.15, -0.1) is 0 Å². The minimum Gasteiger partial charge on any atom is -0.481 e. The van der Waals surface area contributed by atoms with E-state index in [1.165, 1.54) is 23.1 Å². The van der Waals surface area contributed by atoms with Crippen molar-refractivity contribution in [1.29, 1.82) is 0 Å². The van der Waals surface area contributed by atoms with Crippen LogP contribution in [0.15, 0.2) is 48.5 Å². The molecule has 10 heteroatoms. The number of carbonyl (C=O) groups is 3. The highest BCUT2D eigenvalue weighted by Crippen LogP contribution is 2.45. The fourth-order valence-electron chi connectivity index (χ4n) is 5.90. The molecule has 7 nitrogen and oxygen atoms in total. The highest BCUT2D eigenvalue weighted by molar-refractivity contribution is 5.96. The van der Waals surface area contributed by atoms with Crippen molar-refractivity contribution in [2.24, 2.45) is 11.3 Å². The maximum atomic E-state index is 13.9. The number of carboxylic acid groups (broad SMARTS) is 1. The molecule has 2 aromatic rings. The normalized spacial score (nSPS) is 21.9. The largest absolute Gasteiger partial charge is 0.481 e. The fourth-order valence-corrected chi connectivity index (χ4v) is 5.90. The Morgan fingerprint density at radius 1 is 0.975 bits per heavy atom. The molecule has 2 fully saturated rings. The van der Waals surface area contributed by atoms with Crippen molar-refractivity contribution >= 4 is 23.6 Å². The van der Waals surface area contributed by atoms with Crippen LogP contribution in [0.1, 0.15) is 80.4 Å². The topological polar surface area (TPSA) is 90.0 Å². The van der Waals surface area contributed by atoms with Crippen LogP contribution in [0.3, 0.4) is 0 Å². The molecule has 1 aliphatic carbocycles. The standard InChI is InChI=1S/C30H36F3N3O4/c1-29(2,3)21-12-14-22(15-13-21)36-25(19-8-10-20(11-9-19)27(39)34-17-16-26(37)38)18-35(28(36)40)24-7-5-4-6-23(24)30(31,32)33/h4-11,21-22,25H,12-18H2,1-3H3,(H,34,39)(H,37,38). The van der Waals surface area contributed by atoms with Crippen LogP contribution in [-0.2, 0) is 11.0 Å². The number of benzene rings is 2. The summed E-state index contributed by atoms with van der Waals surface area (Å²) in [5.41, 5.74) is 0.173. The molecule has 1 atom stereocenters. The minimum atomic E-state index is -4.61. The summed E-state index contributed by atoms with van der Waals surface area (Å²) < 4.78 is 41.7. The molecule has 2 N–H and O–H groups in total. The Hall–Kier alpha value is -3.56. The number of aliphatic carboxylic acids is 1. The van der Waals surface area contributed by atoms with E-state index in [0.29, 0.717) is 11.5 Å². The summed E-state index contributed by atoms with van der Waals surface area (Å²) in [5, 5.41) is 11.3. The molecule has 0 aromatic heterocycles. The Bertz CT molecular complexity index is 1230. The van der Waals surface area contributed by atoms with Crippen LogP contribution in [0.5, 0.6) is 0 Å². The smallest absolute Gasteiger partial charge is 0.418 e. The van der Waals surface area contributed by atoms with Crippen molar-refractivity contribution in [2.75, 3.05) is 18.0 Å². The second-order valence-electron chi connectivity index (χ2n) is 11.7. The van der Waals surface area contributed by atoms with Gasteiger partial charge in [-0.1, -0.05) is 45.0 Å². The van der Waals surface area contributed by atoms with Gasteiger partial charge in [-0.3, -0.25) is 14.5 Å². The highest BCUT2D eigenvalue weighted by Gasteiger charge is 2.46. The summed E-state index contributed by atoms with van der Waals surface area (Å²) in [7, 11) is 0. The van der Waals surface area contributed by atoms with Crippen LogP contribution >= 0.6 is 0 Å². The first kappa shape index (κ1) is 29.4. The molecule has 4 rings (SSSR count). The molecule has 1 saturated carbocycles. The monoisotopic (exact) mass is 559 g/mol. The fraction of sp³-hybridized carbons (Fsp3) is 0.500. The average Bonchev–Trinajstić information content (AvgIpc) is 3.24. The maximum Gasteiger partial charge on any atom is 0.418 e. The number of para-hydroxylation sites is 1. The summed E-state index contributed by atoms with van der Waals surface area (Å²) in [6, 6.07) is 10.7. The number of carboxylic acids is 1. The number of nitrogens with one attached hydrogen (secondary N) is 1. The SMILES string of the molecule is CC(C)(C)C1CCC(N2C(=O)N(c3ccccc3C(F)(F)F)CC2c2ccc(C(=O)NCCC(=O)O)cc2)CC1. The number of amides is 3. The van der Waals surface area contributed by atoms with Gasteiger partial charge in [0, 0.05) is 18.2 Å². The van der Waals surface area contributed by atoms with E-state index >= 15 is 0 Å². The molecule has 0 bridgehead atoms. The van der Waals surface area contributed by atoms with Crippen LogP contribution in [-0.4, -0.2) is 47.0 Å². The van der Waals surface area contributed by atoms with Crippen molar-refractivity contribution in [3.8, 4) is 0 Å². The number of rotatable bonds is 7. The molecule has 0 spiro atoms. The maximum absolute atomic E-state index is 13.9. The summed E-state index contributed by atoms with van der Waals surface area (Å²) in [6.45, 7) is 6.66. The van der Waals surface area contributed by atoms with Gasteiger partial charge in [0.1, 0.15) is 0 Å². The van der Waals surface area contributed by atoms with Gasteiger partial charge in [0.15, 0.2) is 0 Å². The van der Waals surface area contributed by atoms with Gasteiger partial charge in [0.05, 0.1) is 30.3 Å². The molecule has 2 aliphatic rings. The Labute approximate surface area is 232 Å². The third-order valence-corrected chi connectivity index (χ3v) is 8.14. The number of urea groups is 1. The van der Waals surface area contributed by atoms with Gasteiger partial charge in [0.25, 0.3) is 5.91 Å². The molecular weight excluding hydrogens is 523 g/mol. The third kappa shape index (κ3) is 6.42. The molecule has 40 heavy (non-hydrogen) atoms. The summed E-state index contributed by atoms with van der Waals surface area (Å²) in [6.07, 6.45) is -1.42. The zero-order valence-electron chi connectivity index (χ0n) is 23.0. The van der Waals surface area contributed by atoms with Gasteiger partial charge in [-0.2, -0.15) is 13.2 Å². The Balaban J connectivity index is 1.63. The lowest BCUT2D eigenvalue weighted by molar-refractivity contribution is -0.137. The second-order valence-corrected chi connectivity index (χ2v) is 11.7. The predicted octanol–water partition coefficient (Wildman–Crippen LogP) is 6.50. The summed E-state index contributed by atoms with van der Waals surface area (Å²) >= 11 is 0. The lowest BCUT2D eigenvalue weighted by atomic mass is 9.71. The van der Waals surface area contributed by atoms with E-state index in [-0.39, 0.29) is 36.7 Å². The number of halogens is 3. The number of nitrogens with zero attached hydrogens (tertiary/aromatic N) is 2. The molecule has 2 aromatic carbocycles. The van der Waals surface area contributed by atoms with E-state index in [1.807, 2.05) is 0 Å².